The number of halogens is 2. The lowest BCUT2D eigenvalue weighted by atomic mass is 9.99. The third kappa shape index (κ3) is 2.92. The second-order valence-corrected chi connectivity index (χ2v) is 4.58. The minimum atomic E-state index is -1.32. The highest BCUT2D eigenvalue weighted by Crippen LogP contribution is 2.22. The van der Waals surface area contributed by atoms with Crippen molar-refractivity contribution in [3.63, 3.8) is 0 Å². The first-order valence-corrected chi connectivity index (χ1v) is 5.65. The number of hydrogen-bond donors (Lipinski definition) is 3. The summed E-state index contributed by atoms with van der Waals surface area (Å²) in [6.07, 6.45) is 0.260. The van der Waals surface area contributed by atoms with E-state index in [1.807, 2.05) is 0 Å². The van der Waals surface area contributed by atoms with Crippen LogP contribution >= 0.6 is 23.2 Å². The Morgan fingerprint density at radius 1 is 1.53 bits per heavy atom. The van der Waals surface area contributed by atoms with Gasteiger partial charge < -0.3 is 15.4 Å². The third-order valence-electron chi connectivity index (χ3n) is 2.54. The van der Waals surface area contributed by atoms with Gasteiger partial charge in [0.25, 0.3) is 5.91 Å². The minimum Gasteiger partial charge on any atom is -0.480 e. The number of carbonyl (C=O) groups excluding carboxylic acids is 1. The van der Waals surface area contributed by atoms with Crippen molar-refractivity contribution in [3.8, 4) is 0 Å². The van der Waals surface area contributed by atoms with Crippen molar-refractivity contribution in [2.45, 2.75) is 25.8 Å². The van der Waals surface area contributed by atoms with Gasteiger partial charge in [0.1, 0.15) is 16.4 Å². The Bertz CT molecular complexity index is 439. The van der Waals surface area contributed by atoms with Crippen molar-refractivity contribution in [2.24, 2.45) is 0 Å². The van der Waals surface area contributed by atoms with E-state index in [0.717, 1.165) is 0 Å². The molecule has 1 atom stereocenters. The number of aromatic nitrogens is 1. The largest absolute Gasteiger partial charge is 0.480 e. The summed E-state index contributed by atoms with van der Waals surface area (Å²) in [5, 5.41) is 11.8. The molecule has 0 saturated carbocycles. The summed E-state index contributed by atoms with van der Waals surface area (Å²) >= 11 is 11.3. The first-order valence-electron chi connectivity index (χ1n) is 4.90. The lowest BCUT2D eigenvalue weighted by molar-refractivity contribution is -0.143. The molecule has 0 bridgehead atoms. The number of amides is 1. The maximum Gasteiger partial charge on any atom is 0.329 e. The summed E-state index contributed by atoms with van der Waals surface area (Å²) in [6, 6.07) is 1.34. The standard InChI is InChI=1S/C10H12Cl2N2O3/c1-3-10(2,9(16)17)14-8(15)6-4-5(11)7(12)13-6/h4,13H,3H2,1-2H3,(H,14,15)(H,16,17). The molecule has 17 heavy (non-hydrogen) atoms. The quantitative estimate of drug-likeness (QED) is 0.790. The van der Waals surface area contributed by atoms with Crippen molar-refractivity contribution < 1.29 is 14.7 Å². The smallest absolute Gasteiger partial charge is 0.329 e. The van der Waals surface area contributed by atoms with E-state index in [-0.39, 0.29) is 22.3 Å². The number of carboxylic acid groups (broad SMARTS) is 1. The highest BCUT2D eigenvalue weighted by atomic mass is 35.5. The van der Waals surface area contributed by atoms with Gasteiger partial charge in [0.15, 0.2) is 0 Å². The zero-order valence-electron chi connectivity index (χ0n) is 9.30. The molecular weight excluding hydrogens is 267 g/mol. The molecular formula is C10H12Cl2N2O3. The van der Waals surface area contributed by atoms with Crippen LogP contribution in [0.1, 0.15) is 30.8 Å². The topological polar surface area (TPSA) is 82.2 Å². The fourth-order valence-electron chi connectivity index (χ4n) is 1.14. The van der Waals surface area contributed by atoms with Crippen LogP contribution in [0.3, 0.4) is 0 Å². The second-order valence-electron chi connectivity index (χ2n) is 3.79. The van der Waals surface area contributed by atoms with Gasteiger partial charge in [-0.3, -0.25) is 4.79 Å². The Kier molecular flexibility index (Phi) is 4.06. The monoisotopic (exact) mass is 278 g/mol. The Morgan fingerprint density at radius 3 is 2.47 bits per heavy atom. The van der Waals surface area contributed by atoms with Crippen molar-refractivity contribution in [3.05, 3.63) is 21.9 Å². The van der Waals surface area contributed by atoms with Crippen molar-refractivity contribution in [1.29, 1.82) is 0 Å². The Labute approximate surface area is 108 Å². The number of H-pyrrole nitrogens is 1. The van der Waals surface area contributed by atoms with Crippen molar-refractivity contribution >= 4 is 35.1 Å². The second kappa shape index (κ2) is 4.98. The van der Waals surface area contributed by atoms with E-state index in [1.54, 1.807) is 6.92 Å². The summed E-state index contributed by atoms with van der Waals surface area (Å²) in [6.45, 7) is 3.10. The first kappa shape index (κ1) is 13.9. The van der Waals surface area contributed by atoms with Gasteiger partial charge in [-0.1, -0.05) is 30.1 Å². The van der Waals surface area contributed by atoms with Crippen molar-refractivity contribution in [2.75, 3.05) is 0 Å². The molecule has 3 N–H and O–H groups in total. The molecule has 0 spiro atoms. The molecule has 1 rings (SSSR count). The third-order valence-corrected chi connectivity index (χ3v) is 3.23. The maximum absolute atomic E-state index is 11.8. The zero-order chi connectivity index (χ0) is 13.2. The van der Waals surface area contributed by atoms with Crippen LogP contribution in [-0.4, -0.2) is 27.5 Å². The number of hydrogen-bond acceptors (Lipinski definition) is 2. The molecule has 0 aromatic carbocycles. The van der Waals surface area contributed by atoms with Crippen LogP contribution in [0.2, 0.25) is 10.2 Å². The van der Waals surface area contributed by atoms with Crippen LogP contribution in [0.5, 0.6) is 0 Å². The molecule has 7 heteroatoms. The lowest BCUT2D eigenvalue weighted by Gasteiger charge is -2.24. The molecule has 0 aliphatic rings. The average Bonchev–Trinajstić information content (AvgIpc) is 2.59. The Morgan fingerprint density at radius 2 is 2.12 bits per heavy atom. The van der Waals surface area contributed by atoms with Crippen LogP contribution in [0.15, 0.2) is 6.07 Å². The van der Waals surface area contributed by atoms with E-state index in [0.29, 0.717) is 0 Å². The number of aliphatic carboxylic acids is 1. The number of carbonyl (C=O) groups is 2. The number of carboxylic acids is 1. The van der Waals surface area contributed by atoms with Crippen LogP contribution in [-0.2, 0) is 4.79 Å². The van der Waals surface area contributed by atoms with Gasteiger partial charge in [-0.05, 0) is 19.4 Å². The van der Waals surface area contributed by atoms with Gasteiger partial charge in [-0.25, -0.2) is 4.79 Å². The van der Waals surface area contributed by atoms with E-state index in [1.165, 1.54) is 13.0 Å². The van der Waals surface area contributed by atoms with E-state index in [4.69, 9.17) is 28.3 Å². The molecule has 1 aromatic heterocycles. The lowest BCUT2D eigenvalue weighted by Crippen LogP contribution is -2.51. The van der Waals surface area contributed by atoms with Gasteiger partial charge in [0.05, 0.1) is 5.02 Å². The molecule has 0 saturated heterocycles. The van der Waals surface area contributed by atoms with E-state index in [2.05, 4.69) is 10.3 Å². The highest BCUT2D eigenvalue weighted by molar-refractivity contribution is 6.41. The van der Waals surface area contributed by atoms with Gasteiger partial charge >= 0.3 is 5.97 Å². The summed E-state index contributed by atoms with van der Waals surface area (Å²) in [4.78, 5) is 25.3. The summed E-state index contributed by atoms with van der Waals surface area (Å²) in [5.41, 5.74) is -1.19. The van der Waals surface area contributed by atoms with Crippen LogP contribution in [0, 0.1) is 0 Å². The van der Waals surface area contributed by atoms with Gasteiger partial charge in [0, 0.05) is 0 Å². The summed E-state index contributed by atoms with van der Waals surface area (Å²) in [7, 11) is 0. The van der Waals surface area contributed by atoms with Gasteiger partial charge in [-0.15, -0.1) is 0 Å². The molecule has 94 valence electrons. The highest BCUT2D eigenvalue weighted by Gasteiger charge is 2.33. The van der Waals surface area contributed by atoms with Crippen LogP contribution in [0.4, 0.5) is 0 Å². The predicted octanol–water partition coefficient (Wildman–Crippen LogP) is 2.30. The molecule has 1 amide bonds. The number of rotatable bonds is 4. The molecule has 1 aromatic rings. The van der Waals surface area contributed by atoms with E-state index < -0.39 is 17.4 Å². The fourth-order valence-corrected chi connectivity index (χ4v) is 1.45. The molecule has 5 nitrogen and oxygen atoms in total. The van der Waals surface area contributed by atoms with Gasteiger partial charge in [-0.2, -0.15) is 0 Å². The van der Waals surface area contributed by atoms with Gasteiger partial charge in [0.2, 0.25) is 0 Å². The van der Waals surface area contributed by atoms with Crippen LogP contribution < -0.4 is 5.32 Å². The summed E-state index contributed by atoms with van der Waals surface area (Å²) in [5.74, 6) is -1.66. The number of nitrogens with one attached hydrogen (secondary N) is 2. The minimum absolute atomic E-state index is 0.126. The molecule has 1 heterocycles. The molecule has 0 radical (unpaired) electrons. The molecule has 0 aliphatic heterocycles. The first-order chi connectivity index (χ1) is 7.80. The average molecular weight is 279 g/mol. The zero-order valence-corrected chi connectivity index (χ0v) is 10.8. The van der Waals surface area contributed by atoms with E-state index >= 15 is 0 Å². The summed E-state index contributed by atoms with van der Waals surface area (Å²) < 4.78 is 0. The SMILES string of the molecule is CCC(C)(NC(=O)c1cc(Cl)c(Cl)[nH]1)C(=O)O. The Balaban J connectivity index is 2.89. The van der Waals surface area contributed by atoms with E-state index in [9.17, 15) is 9.59 Å². The molecule has 0 aliphatic carbocycles. The Hall–Kier alpha value is -1.20. The molecule has 1 unspecified atom stereocenters. The van der Waals surface area contributed by atoms with Crippen molar-refractivity contribution in [1.82, 2.24) is 10.3 Å². The predicted molar refractivity (Wildman–Crippen MR) is 64.6 cm³/mol. The number of aromatic amines is 1. The molecule has 0 fully saturated rings. The fraction of sp³-hybridized carbons (Fsp3) is 0.400. The maximum atomic E-state index is 11.8. The normalized spacial score (nSPS) is 14.1. The van der Waals surface area contributed by atoms with Crippen LogP contribution in [0.25, 0.3) is 0 Å².